The number of fused-ring (bicyclic) bond motifs is 1. The molecular formula is C24H28N6O2. The molecule has 1 unspecified atom stereocenters. The third kappa shape index (κ3) is 5.64. The number of benzene rings is 1. The van der Waals surface area contributed by atoms with Gasteiger partial charge in [0.1, 0.15) is 5.69 Å². The van der Waals surface area contributed by atoms with E-state index in [9.17, 15) is 0 Å². The van der Waals surface area contributed by atoms with Gasteiger partial charge in [-0.15, -0.1) is 0 Å². The van der Waals surface area contributed by atoms with E-state index in [-0.39, 0.29) is 6.04 Å². The third-order valence-corrected chi connectivity index (χ3v) is 5.19. The van der Waals surface area contributed by atoms with Crippen LogP contribution < -0.4 is 9.47 Å². The van der Waals surface area contributed by atoms with Crippen LogP contribution in [0.1, 0.15) is 17.7 Å². The van der Waals surface area contributed by atoms with Gasteiger partial charge in [-0.2, -0.15) is 10.2 Å². The average Bonchev–Trinajstić information content (AvgIpc) is 2.82. The van der Waals surface area contributed by atoms with Crippen molar-refractivity contribution in [2.24, 2.45) is 10.2 Å². The molecule has 1 aliphatic heterocycles. The van der Waals surface area contributed by atoms with E-state index in [0.717, 1.165) is 48.3 Å². The zero-order valence-electron chi connectivity index (χ0n) is 18.7. The first-order valence-corrected chi connectivity index (χ1v) is 10.7. The van der Waals surface area contributed by atoms with Crippen molar-refractivity contribution >= 4 is 5.69 Å². The van der Waals surface area contributed by atoms with Gasteiger partial charge in [-0.3, -0.25) is 0 Å². The summed E-state index contributed by atoms with van der Waals surface area (Å²) in [5, 5.41) is 8.82. The Morgan fingerprint density at radius 2 is 1.94 bits per heavy atom. The number of ether oxygens (including phenoxy) is 2. The Morgan fingerprint density at radius 3 is 2.72 bits per heavy atom. The topological polar surface area (TPSA) is 85.1 Å². The summed E-state index contributed by atoms with van der Waals surface area (Å²) in [5.74, 6) is 1.96. The Bertz CT molecular complexity index is 1070. The SMILES string of the molecule is COc1ccc2c(n1)CC(Cc1cccc(-c3ncc(OCCCN(C)C)cn3)c1)N=N2. The summed E-state index contributed by atoms with van der Waals surface area (Å²) in [7, 11) is 5.72. The van der Waals surface area contributed by atoms with E-state index in [1.807, 2.05) is 24.3 Å². The van der Waals surface area contributed by atoms with Gasteiger partial charge in [-0.1, -0.05) is 18.2 Å². The predicted octanol–water partition coefficient (Wildman–Crippen LogP) is 4.13. The highest BCUT2D eigenvalue weighted by molar-refractivity contribution is 5.56. The Hall–Kier alpha value is -3.39. The molecule has 1 aromatic carbocycles. The Kier molecular flexibility index (Phi) is 7.01. The molecule has 8 nitrogen and oxygen atoms in total. The minimum Gasteiger partial charge on any atom is -0.490 e. The number of pyridine rings is 1. The van der Waals surface area contributed by atoms with Gasteiger partial charge in [0.15, 0.2) is 11.6 Å². The molecule has 0 N–H and O–H groups in total. The first-order valence-electron chi connectivity index (χ1n) is 10.7. The van der Waals surface area contributed by atoms with Crippen LogP contribution in [0.2, 0.25) is 0 Å². The van der Waals surface area contributed by atoms with Gasteiger partial charge < -0.3 is 14.4 Å². The maximum atomic E-state index is 5.73. The van der Waals surface area contributed by atoms with Crippen molar-refractivity contribution in [3.05, 3.63) is 60.0 Å². The largest absolute Gasteiger partial charge is 0.490 e. The molecule has 166 valence electrons. The van der Waals surface area contributed by atoms with Crippen molar-refractivity contribution in [2.75, 3.05) is 34.4 Å². The lowest BCUT2D eigenvalue weighted by Crippen LogP contribution is -2.16. The van der Waals surface area contributed by atoms with Crippen LogP contribution in [0.25, 0.3) is 11.4 Å². The molecule has 1 aliphatic rings. The fourth-order valence-electron chi connectivity index (χ4n) is 3.57. The summed E-state index contributed by atoms with van der Waals surface area (Å²) in [6.45, 7) is 1.64. The predicted molar refractivity (Wildman–Crippen MR) is 123 cm³/mol. The molecule has 32 heavy (non-hydrogen) atoms. The summed E-state index contributed by atoms with van der Waals surface area (Å²) >= 11 is 0. The van der Waals surface area contributed by atoms with Crippen LogP contribution in [0.5, 0.6) is 11.6 Å². The van der Waals surface area contributed by atoms with E-state index in [4.69, 9.17) is 9.47 Å². The zero-order valence-corrected chi connectivity index (χ0v) is 18.7. The minimum atomic E-state index is 0.0382. The molecule has 0 saturated heterocycles. The number of hydrogen-bond donors (Lipinski definition) is 0. The van der Waals surface area contributed by atoms with Crippen LogP contribution in [0.3, 0.4) is 0 Å². The minimum absolute atomic E-state index is 0.0382. The van der Waals surface area contributed by atoms with Crippen molar-refractivity contribution in [3.63, 3.8) is 0 Å². The van der Waals surface area contributed by atoms with Crippen LogP contribution in [-0.4, -0.2) is 60.3 Å². The number of methoxy groups -OCH3 is 1. The van der Waals surface area contributed by atoms with E-state index >= 15 is 0 Å². The smallest absolute Gasteiger partial charge is 0.213 e. The van der Waals surface area contributed by atoms with E-state index in [2.05, 4.69) is 56.3 Å². The van der Waals surface area contributed by atoms with Crippen molar-refractivity contribution in [1.29, 1.82) is 0 Å². The van der Waals surface area contributed by atoms with Crippen LogP contribution in [0, 0.1) is 0 Å². The van der Waals surface area contributed by atoms with Gasteiger partial charge in [-0.05, 0) is 44.6 Å². The highest BCUT2D eigenvalue weighted by atomic mass is 16.5. The van der Waals surface area contributed by atoms with Crippen molar-refractivity contribution < 1.29 is 9.47 Å². The molecule has 0 aliphatic carbocycles. The van der Waals surface area contributed by atoms with Gasteiger partial charge in [0.2, 0.25) is 5.88 Å². The van der Waals surface area contributed by atoms with Crippen molar-refractivity contribution in [1.82, 2.24) is 19.9 Å². The number of nitrogens with zero attached hydrogens (tertiary/aromatic N) is 6. The molecule has 0 saturated carbocycles. The molecule has 0 fully saturated rings. The Labute approximate surface area is 188 Å². The molecule has 0 spiro atoms. The van der Waals surface area contributed by atoms with Crippen molar-refractivity contribution in [3.8, 4) is 23.0 Å². The van der Waals surface area contributed by atoms with E-state index in [1.54, 1.807) is 19.5 Å². The summed E-state index contributed by atoms with van der Waals surface area (Å²) in [4.78, 5) is 15.6. The average molecular weight is 433 g/mol. The molecule has 1 atom stereocenters. The zero-order chi connectivity index (χ0) is 22.3. The van der Waals surface area contributed by atoms with Gasteiger partial charge in [0.25, 0.3) is 0 Å². The molecule has 2 aromatic heterocycles. The molecule has 0 amide bonds. The maximum absolute atomic E-state index is 5.73. The number of aromatic nitrogens is 3. The van der Waals surface area contributed by atoms with Crippen LogP contribution in [0.15, 0.2) is 59.0 Å². The Morgan fingerprint density at radius 1 is 1.09 bits per heavy atom. The van der Waals surface area contributed by atoms with E-state index < -0.39 is 0 Å². The summed E-state index contributed by atoms with van der Waals surface area (Å²) in [6, 6.07) is 12.0. The number of rotatable bonds is 9. The lowest BCUT2D eigenvalue weighted by molar-refractivity contribution is 0.280. The van der Waals surface area contributed by atoms with E-state index in [0.29, 0.717) is 24.1 Å². The van der Waals surface area contributed by atoms with Crippen LogP contribution >= 0.6 is 0 Å². The van der Waals surface area contributed by atoms with Crippen LogP contribution in [0.4, 0.5) is 5.69 Å². The monoisotopic (exact) mass is 432 g/mol. The fraction of sp³-hybridized carbons (Fsp3) is 0.375. The normalized spacial score (nSPS) is 14.9. The summed E-state index contributed by atoms with van der Waals surface area (Å²) < 4.78 is 11.0. The summed E-state index contributed by atoms with van der Waals surface area (Å²) in [6.07, 6.45) is 5.92. The number of hydrogen-bond acceptors (Lipinski definition) is 8. The molecular weight excluding hydrogens is 404 g/mol. The quantitative estimate of drug-likeness (QED) is 0.473. The highest BCUT2D eigenvalue weighted by Gasteiger charge is 2.19. The van der Waals surface area contributed by atoms with Crippen LogP contribution in [-0.2, 0) is 12.8 Å². The van der Waals surface area contributed by atoms with Crippen molar-refractivity contribution in [2.45, 2.75) is 25.3 Å². The van der Waals surface area contributed by atoms with Gasteiger partial charge >= 0.3 is 0 Å². The third-order valence-electron chi connectivity index (χ3n) is 5.19. The lowest BCUT2D eigenvalue weighted by Gasteiger charge is -2.17. The highest BCUT2D eigenvalue weighted by Crippen LogP contribution is 2.29. The second-order valence-electron chi connectivity index (χ2n) is 8.05. The molecule has 0 radical (unpaired) electrons. The second-order valence-corrected chi connectivity index (χ2v) is 8.05. The second kappa shape index (κ2) is 10.3. The standard InChI is InChI=1S/C24H28N6O2/c1-30(2)10-5-11-32-20-15-25-24(26-16-20)18-7-4-6-17(12-18)13-19-14-22-21(29-28-19)8-9-23(27-22)31-3/h4,6-9,12,15-16,19H,5,10-11,13-14H2,1-3H3. The first-order chi connectivity index (χ1) is 15.6. The van der Waals surface area contributed by atoms with Gasteiger partial charge in [0.05, 0.1) is 37.8 Å². The first kappa shape index (κ1) is 21.8. The molecule has 8 heteroatoms. The maximum Gasteiger partial charge on any atom is 0.213 e. The molecule has 3 heterocycles. The molecule has 3 aromatic rings. The van der Waals surface area contributed by atoms with Gasteiger partial charge in [0, 0.05) is 24.6 Å². The molecule has 0 bridgehead atoms. The lowest BCUT2D eigenvalue weighted by atomic mass is 9.99. The van der Waals surface area contributed by atoms with E-state index in [1.165, 1.54) is 0 Å². The van der Waals surface area contributed by atoms with Gasteiger partial charge in [-0.25, -0.2) is 15.0 Å². The molecule has 4 rings (SSSR count). The summed E-state index contributed by atoms with van der Waals surface area (Å²) in [5.41, 5.74) is 3.86. The Balaban J connectivity index is 1.38. The fourth-order valence-corrected chi connectivity index (χ4v) is 3.57. The number of azo groups is 1.